The van der Waals surface area contributed by atoms with Crippen LogP contribution in [0.25, 0.3) is 10.9 Å². The summed E-state index contributed by atoms with van der Waals surface area (Å²) in [6, 6.07) is 8.60. The van der Waals surface area contributed by atoms with E-state index < -0.39 is 33.5 Å². The lowest BCUT2D eigenvalue weighted by Gasteiger charge is -2.22. The standard InChI is InChI=1S/C19H18F3N3O2S/c1-25(11-14(23)8-13-9-16(21)17(22)10-15(13)20)28(26,27)18-6-2-4-12-5-3-7-24-19(12)18/h2-7,9-10,14H,8,11,23H2,1H3/t14-/m1/s1. The van der Waals surface area contributed by atoms with Crippen molar-refractivity contribution >= 4 is 20.9 Å². The van der Waals surface area contributed by atoms with Gasteiger partial charge >= 0.3 is 0 Å². The number of hydrogen-bond acceptors (Lipinski definition) is 4. The maximum absolute atomic E-state index is 13.8. The highest BCUT2D eigenvalue weighted by Crippen LogP contribution is 2.23. The van der Waals surface area contributed by atoms with E-state index >= 15 is 0 Å². The van der Waals surface area contributed by atoms with Gasteiger partial charge in [0, 0.05) is 37.3 Å². The van der Waals surface area contributed by atoms with E-state index in [0.717, 1.165) is 10.4 Å². The molecular weight excluding hydrogens is 391 g/mol. The third-order valence-corrected chi connectivity index (χ3v) is 6.20. The summed E-state index contributed by atoms with van der Waals surface area (Å²) in [5.74, 6) is -3.41. The molecule has 2 aromatic carbocycles. The molecule has 0 amide bonds. The second-order valence-electron chi connectivity index (χ2n) is 6.44. The van der Waals surface area contributed by atoms with Gasteiger partial charge < -0.3 is 5.73 Å². The van der Waals surface area contributed by atoms with E-state index in [-0.39, 0.29) is 23.4 Å². The van der Waals surface area contributed by atoms with Crippen molar-refractivity contribution in [2.24, 2.45) is 5.73 Å². The Hall–Kier alpha value is -2.49. The number of benzene rings is 2. The number of nitrogens with two attached hydrogens (primary N) is 1. The number of para-hydroxylation sites is 1. The SMILES string of the molecule is CN(C[C@H](N)Cc1cc(F)c(F)cc1F)S(=O)(=O)c1cccc2cccnc12. The number of likely N-dealkylation sites (N-methyl/N-ethyl adjacent to an activating group) is 1. The van der Waals surface area contributed by atoms with Gasteiger partial charge in [-0.15, -0.1) is 0 Å². The lowest BCUT2D eigenvalue weighted by Crippen LogP contribution is -2.40. The Balaban J connectivity index is 1.81. The van der Waals surface area contributed by atoms with Gasteiger partial charge in [-0.1, -0.05) is 18.2 Å². The van der Waals surface area contributed by atoms with Gasteiger partial charge in [0.1, 0.15) is 10.7 Å². The molecule has 148 valence electrons. The molecule has 9 heteroatoms. The first-order chi connectivity index (χ1) is 13.2. The number of aromatic nitrogens is 1. The lowest BCUT2D eigenvalue weighted by atomic mass is 10.1. The van der Waals surface area contributed by atoms with Crippen LogP contribution in [0.4, 0.5) is 13.2 Å². The molecule has 0 aliphatic carbocycles. The Morgan fingerprint density at radius 1 is 1.07 bits per heavy atom. The molecule has 28 heavy (non-hydrogen) atoms. The van der Waals surface area contributed by atoms with Crippen molar-refractivity contribution in [1.29, 1.82) is 0 Å². The quantitative estimate of drug-likeness (QED) is 0.636. The molecule has 0 spiro atoms. The Bertz CT molecular complexity index is 1120. The van der Waals surface area contributed by atoms with E-state index in [1.807, 2.05) is 0 Å². The fourth-order valence-electron chi connectivity index (χ4n) is 2.95. The number of nitrogens with zero attached hydrogens (tertiary/aromatic N) is 2. The molecule has 0 fully saturated rings. The molecule has 0 bridgehead atoms. The molecule has 0 unspecified atom stereocenters. The highest BCUT2D eigenvalue weighted by atomic mass is 32.2. The van der Waals surface area contributed by atoms with Gasteiger partial charge in [0.15, 0.2) is 11.6 Å². The summed E-state index contributed by atoms with van der Waals surface area (Å²) in [7, 11) is -2.57. The Morgan fingerprint density at radius 2 is 1.75 bits per heavy atom. The number of rotatable bonds is 6. The third kappa shape index (κ3) is 4.01. The van der Waals surface area contributed by atoms with Crippen molar-refractivity contribution in [1.82, 2.24) is 9.29 Å². The summed E-state index contributed by atoms with van der Waals surface area (Å²) in [5, 5.41) is 0.671. The molecular formula is C19H18F3N3O2S. The average molecular weight is 409 g/mol. The average Bonchev–Trinajstić information content (AvgIpc) is 2.65. The molecule has 1 atom stereocenters. The van der Waals surface area contributed by atoms with E-state index in [2.05, 4.69) is 4.98 Å². The van der Waals surface area contributed by atoms with Gasteiger partial charge in [-0.3, -0.25) is 4.98 Å². The molecule has 0 aliphatic heterocycles. The van der Waals surface area contributed by atoms with Gasteiger partial charge in [-0.2, -0.15) is 4.31 Å². The molecule has 1 heterocycles. The molecule has 1 aromatic heterocycles. The molecule has 3 aromatic rings. The highest BCUT2D eigenvalue weighted by Gasteiger charge is 2.25. The number of halogens is 3. The number of hydrogen-bond donors (Lipinski definition) is 1. The zero-order valence-electron chi connectivity index (χ0n) is 14.9. The van der Waals surface area contributed by atoms with E-state index in [1.165, 1.54) is 19.3 Å². The predicted octanol–water partition coefficient (Wildman–Crippen LogP) is 2.84. The molecule has 0 radical (unpaired) electrons. The number of sulfonamides is 1. The fraction of sp³-hybridized carbons (Fsp3) is 0.211. The van der Waals surface area contributed by atoms with E-state index in [0.29, 0.717) is 17.0 Å². The van der Waals surface area contributed by atoms with Crippen LogP contribution in [0.1, 0.15) is 5.56 Å². The zero-order valence-corrected chi connectivity index (χ0v) is 15.8. The van der Waals surface area contributed by atoms with E-state index in [4.69, 9.17) is 5.73 Å². The minimum Gasteiger partial charge on any atom is -0.326 e. The van der Waals surface area contributed by atoms with Crippen LogP contribution < -0.4 is 5.73 Å². The maximum Gasteiger partial charge on any atom is 0.245 e. The van der Waals surface area contributed by atoms with Crippen molar-refractivity contribution < 1.29 is 21.6 Å². The third-order valence-electron chi connectivity index (χ3n) is 4.35. The molecule has 3 rings (SSSR count). The predicted molar refractivity (Wildman–Crippen MR) is 99.6 cm³/mol. The minimum atomic E-state index is -3.91. The second-order valence-corrected chi connectivity index (χ2v) is 8.45. The van der Waals surface area contributed by atoms with Gasteiger partial charge in [0.05, 0.1) is 5.52 Å². The van der Waals surface area contributed by atoms with Crippen LogP contribution in [0.15, 0.2) is 53.6 Å². The fourth-order valence-corrected chi connectivity index (χ4v) is 4.34. The number of fused-ring (bicyclic) bond motifs is 1. The highest BCUT2D eigenvalue weighted by molar-refractivity contribution is 7.89. The van der Waals surface area contributed by atoms with Crippen LogP contribution in [0.5, 0.6) is 0 Å². The van der Waals surface area contributed by atoms with Crippen LogP contribution >= 0.6 is 0 Å². The largest absolute Gasteiger partial charge is 0.326 e. The summed E-state index contributed by atoms with van der Waals surface area (Å²) >= 11 is 0. The van der Waals surface area contributed by atoms with E-state index in [1.54, 1.807) is 24.3 Å². The summed E-state index contributed by atoms with van der Waals surface area (Å²) in [6.07, 6.45) is 1.34. The van der Waals surface area contributed by atoms with Crippen molar-refractivity contribution in [2.45, 2.75) is 17.4 Å². The van der Waals surface area contributed by atoms with Gasteiger partial charge in [-0.05, 0) is 30.2 Å². The van der Waals surface area contributed by atoms with Crippen LogP contribution in [0, 0.1) is 17.5 Å². The normalized spacial score (nSPS) is 13.2. The van der Waals surface area contributed by atoms with Crippen LogP contribution in [-0.4, -0.2) is 37.3 Å². The Kier molecular flexibility index (Phi) is 5.69. The Labute approximate surface area is 160 Å². The molecule has 2 N–H and O–H groups in total. The number of pyridine rings is 1. The van der Waals surface area contributed by atoms with Crippen LogP contribution in [-0.2, 0) is 16.4 Å². The van der Waals surface area contributed by atoms with Crippen LogP contribution in [0.3, 0.4) is 0 Å². The summed E-state index contributed by atoms with van der Waals surface area (Å²) in [5.41, 5.74) is 6.16. The molecule has 5 nitrogen and oxygen atoms in total. The Morgan fingerprint density at radius 3 is 2.50 bits per heavy atom. The van der Waals surface area contributed by atoms with Gasteiger partial charge in [-0.25, -0.2) is 21.6 Å². The lowest BCUT2D eigenvalue weighted by molar-refractivity contribution is 0.428. The maximum atomic E-state index is 13.8. The first-order valence-corrected chi connectivity index (χ1v) is 9.83. The summed E-state index contributed by atoms with van der Waals surface area (Å²) in [6.45, 7) is -0.149. The van der Waals surface area contributed by atoms with Crippen LogP contribution in [0.2, 0.25) is 0 Å². The minimum absolute atomic E-state index is 0.0271. The van der Waals surface area contributed by atoms with Crippen molar-refractivity contribution in [3.63, 3.8) is 0 Å². The summed E-state index contributed by atoms with van der Waals surface area (Å²) in [4.78, 5) is 4.17. The first-order valence-electron chi connectivity index (χ1n) is 8.39. The monoisotopic (exact) mass is 409 g/mol. The molecule has 0 saturated carbocycles. The van der Waals surface area contributed by atoms with E-state index in [9.17, 15) is 21.6 Å². The molecule has 0 aliphatic rings. The van der Waals surface area contributed by atoms with Gasteiger partial charge in [0.25, 0.3) is 0 Å². The zero-order chi connectivity index (χ0) is 20.5. The van der Waals surface area contributed by atoms with Crippen molar-refractivity contribution in [2.75, 3.05) is 13.6 Å². The smallest absolute Gasteiger partial charge is 0.245 e. The topological polar surface area (TPSA) is 76.3 Å². The van der Waals surface area contributed by atoms with Crippen molar-refractivity contribution in [3.8, 4) is 0 Å². The summed E-state index contributed by atoms with van der Waals surface area (Å²) < 4.78 is 67.1. The first kappa shape index (κ1) is 20.2. The molecule has 0 saturated heterocycles. The second kappa shape index (κ2) is 7.86. The van der Waals surface area contributed by atoms with Crippen molar-refractivity contribution in [3.05, 3.63) is 71.7 Å². The van der Waals surface area contributed by atoms with Gasteiger partial charge in [0.2, 0.25) is 10.0 Å².